The van der Waals surface area contributed by atoms with Gasteiger partial charge in [0.15, 0.2) is 10.8 Å². The number of hydrogen-bond acceptors (Lipinski definition) is 6. The van der Waals surface area contributed by atoms with Gasteiger partial charge in [-0.1, -0.05) is 0 Å². The molecule has 0 aliphatic carbocycles. The predicted octanol–water partition coefficient (Wildman–Crippen LogP) is 3.76. The molecule has 1 amide bonds. The standard InChI is InChI=1S/C18H16N2O4S/c1-2-23-18(22)12-5-7-13(8-6-12)19-16(21)10-14-11-25-17(20-14)15-4-3-9-24-15/h3-9,11H,2,10H2,1H3,(H,19,21). The van der Waals surface area contributed by atoms with Gasteiger partial charge in [0.1, 0.15) is 0 Å². The molecule has 0 saturated heterocycles. The van der Waals surface area contributed by atoms with E-state index in [0.717, 1.165) is 5.01 Å². The van der Waals surface area contributed by atoms with Gasteiger partial charge in [-0.15, -0.1) is 11.3 Å². The van der Waals surface area contributed by atoms with E-state index in [1.807, 2.05) is 11.4 Å². The molecule has 1 N–H and O–H groups in total. The Kier molecular flexibility index (Phi) is 5.25. The Hall–Kier alpha value is -2.93. The van der Waals surface area contributed by atoms with Crippen LogP contribution in [0.15, 0.2) is 52.5 Å². The summed E-state index contributed by atoms with van der Waals surface area (Å²) in [6.45, 7) is 2.08. The van der Waals surface area contributed by atoms with Gasteiger partial charge in [-0.3, -0.25) is 4.79 Å². The summed E-state index contributed by atoms with van der Waals surface area (Å²) in [6.07, 6.45) is 1.75. The quantitative estimate of drug-likeness (QED) is 0.680. The van der Waals surface area contributed by atoms with Gasteiger partial charge in [0, 0.05) is 11.1 Å². The van der Waals surface area contributed by atoms with Crippen LogP contribution in [0.5, 0.6) is 0 Å². The molecule has 0 aliphatic heterocycles. The number of anilines is 1. The lowest BCUT2D eigenvalue weighted by atomic mass is 10.2. The summed E-state index contributed by atoms with van der Waals surface area (Å²) in [5, 5.41) is 5.36. The largest absolute Gasteiger partial charge is 0.462 e. The summed E-state index contributed by atoms with van der Waals surface area (Å²) in [4.78, 5) is 28.1. The van der Waals surface area contributed by atoms with Gasteiger partial charge in [-0.05, 0) is 43.3 Å². The molecule has 0 spiro atoms. The maximum absolute atomic E-state index is 12.1. The molecule has 0 atom stereocenters. The third-order valence-corrected chi connectivity index (χ3v) is 4.21. The second-order valence-electron chi connectivity index (χ2n) is 5.14. The van der Waals surface area contributed by atoms with Crippen LogP contribution >= 0.6 is 11.3 Å². The van der Waals surface area contributed by atoms with E-state index >= 15 is 0 Å². The Bertz CT molecular complexity index is 854. The predicted molar refractivity (Wildman–Crippen MR) is 94.5 cm³/mol. The Balaban J connectivity index is 1.58. The maximum Gasteiger partial charge on any atom is 0.338 e. The maximum atomic E-state index is 12.1. The smallest absolute Gasteiger partial charge is 0.338 e. The molecular formula is C18H16N2O4S. The fourth-order valence-corrected chi connectivity index (χ4v) is 2.96. The number of nitrogens with one attached hydrogen (secondary N) is 1. The second kappa shape index (κ2) is 7.76. The Morgan fingerprint density at radius 1 is 1.24 bits per heavy atom. The molecule has 0 aliphatic rings. The van der Waals surface area contributed by atoms with Crippen molar-refractivity contribution in [1.82, 2.24) is 4.98 Å². The van der Waals surface area contributed by atoms with Crippen molar-refractivity contribution in [2.24, 2.45) is 0 Å². The lowest BCUT2D eigenvalue weighted by molar-refractivity contribution is -0.115. The summed E-state index contributed by atoms with van der Waals surface area (Å²) in [6, 6.07) is 10.2. The van der Waals surface area contributed by atoms with Gasteiger partial charge < -0.3 is 14.5 Å². The first-order chi connectivity index (χ1) is 12.2. The summed E-state index contributed by atoms with van der Waals surface area (Å²) < 4.78 is 10.2. The minimum absolute atomic E-state index is 0.164. The second-order valence-corrected chi connectivity index (χ2v) is 6.00. The molecule has 2 aromatic heterocycles. The van der Waals surface area contributed by atoms with E-state index in [2.05, 4.69) is 10.3 Å². The van der Waals surface area contributed by atoms with Crippen LogP contribution in [0, 0.1) is 0 Å². The van der Waals surface area contributed by atoms with Crippen LogP contribution < -0.4 is 5.32 Å². The van der Waals surface area contributed by atoms with E-state index in [1.165, 1.54) is 11.3 Å². The third-order valence-electron chi connectivity index (χ3n) is 3.31. The van der Waals surface area contributed by atoms with E-state index in [1.54, 1.807) is 43.5 Å². The lowest BCUT2D eigenvalue weighted by Crippen LogP contribution is -2.14. The first kappa shape index (κ1) is 16.9. The highest BCUT2D eigenvalue weighted by Crippen LogP contribution is 2.24. The number of esters is 1. The van der Waals surface area contributed by atoms with Gasteiger partial charge in [0.2, 0.25) is 5.91 Å². The van der Waals surface area contributed by atoms with Crippen molar-refractivity contribution in [1.29, 1.82) is 0 Å². The van der Waals surface area contributed by atoms with E-state index in [-0.39, 0.29) is 18.3 Å². The highest BCUT2D eigenvalue weighted by molar-refractivity contribution is 7.13. The molecule has 2 heterocycles. The summed E-state index contributed by atoms with van der Waals surface area (Å²) >= 11 is 1.43. The van der Waals surface area contributed by atoms with Gasteiger partial charge in [0.25, 0.3) is 0 Å². The van der Waals surface area contributed by atoms with Crippen LogP contribution in [-0.4, -0.2) is 23.5 Å². The molecule has 0 fully saturated rings. The number of thiazole rings is 1. The van der Waals surface area contributed by atoms with Gasteiger partial charge >= 0.3 is 5.97 Å². The zero-order valence-electron chi connectivity index (χ0n) is 13.5. The highest BCUT2D eigenvalue weighted by atomic mass is 32.1. The molecule has 7 heteroatoms. The fourth-order valence-electron chi connectivity index (χ4n) is 2.18. The number of rotatable bonds is 6. The molecule has 0 saturated carbocycles. The van der Waals surface area contributed by atoms with Gasteiger partial charge in [-0.25, -0.2) is 9.78 Å². The minimum atomic E-state index is -0.381. The van der Waals surface area contributed by atoms with Crippen molar-refractivity contribution >= 4 is 28.9 Å². The topological polar surface area (TPSA) is 81.4 Å². The zero-order chi connectivity index (χ0) is 17.6. The first-order valence-electron chi connectivity index (χ1n) is 7.71. The molecular weight excluding hydrogens is 340 g/mol. The van der Waals surface area contributed by atoms with E-state index in [0.29, 0.717) is 29.3 Å². The minimum Gasteiger partial charge on any atom is -0.462 e. The van der Waals surface area contributed by atoms with Crippen molar-refractivity contribution in [3.8, 4) is 10.8 Å². The van der Waals surface area contributed by atoms with Crippen LogP contribution in [0.25, 0.3) is 10.8 Å². The van der Waals surface area contributed by atoms with Crippen LogP contribution in [0.1, 0.15) is 23.0 Å². The average Bonchev–Trinajstić information content (AvgIpc) is 3.27. The molecule has 6 nitrogen and oxygen atoms in total. The average molecular weight is 356 g/mol. The van der Waals surface area contributed by atoms with Crippen molar-refractivity contribution in [3.63, 3.8) is 0 Å². The fraction of sp³-hybridized carbons (Fsp3) is 0.167. The number of ether oxygens (including phenoxy) is 1. The first-order valence-corrected chi connectivity index (χ1v) is 8.59. The van der Waals surface area contributed by atoms with Crippen molar-refractivity contribution < 1.29 is 18.7 Å². The molecule has 0 radical (unpaired) electrons. The van der Waals surface area contributed by atoms with Crippen molar-refractivity contribution in [3.05, 3.63) is 59.3 Å². The molecule has 3 aromatic rings. The third kappa shape index (κ3) is 4.33. The Labute approximate surface area is 148 Å². The number of amides is 1. The number of furan rings is 1. The van der Waals surface area contributed by atoms with Crippen LogP contribution in [0.2, 0.25) is 0 Å². The number of nitrogens with zero attached hydrogens (tertiary/aromatic N) is 1. The van der Waals surface area contributed by atoms with Gasteiger partial charge in [0.05, 0.1) is 30.5 Å². The summed E-state index contributed by atoms with van der Waals surface area (Å²) in [7, 11) is 0. The Morgan fingerprint density at radius 3 is 2.72 bits per heavy atom. The van der Waals surface area contributed by atoms with E-state index in [4.69, 9.17) is 9.15 Å². The number of carbonyl (C=O) groups is 2. The SMILES string of the molecule is CCOC(=O)c1ccc(NC(=O)Cc2csc(-c3ccco3)n2)cc1. The number of hydrogen-bond donors (Lipinski definition) is 1. The normalized spacial score (nSPS) is 10.4. The molecule has 128 valence electrons. The van der Waals surface area contributed by atoms with E-state index in [9.17, 15) is 9.59 Å². The molecule has 1 aromatic carbocycles. The summed E-state index contributed by atoms with van der Waals surface area (Å²) in [5.74, 6) is 0.125. The molecule has 3 rings (SSSR count). The van der Waals surface area contributed by atoms with Crippen LogP contribution in [0.4, 0.5) is 5.69 Å². The zero-order valence-corrected chi connectivity index (χ0v) is 14.3. The van der Waals surface area contributed by atoms with Gasteiger partial charge in [-0.2, -0.15) is 0 Å². The van der Waals surface area contributed by atoms with Crippen LogP contribution in [-0.2, 0) is 16.0 Å². The molecule has 0 bridgehead atoms. The molecule has 25 heavy (non-hydrogen) atoms. The van der Waals surface area contributed by atoms with Crippen LogP contribution in [0.3, 0.4) is 0 Å². The van der Waals surface area contributed by atoms with Crippen molar-refractivity contribution in [2.75, 3.05) is 11.9 Å². The number of carbonyl (C=O) groups excluding carboxylic acids is 2. The monoisotopic (exact) mass is 356 g/mol. The van der Waals surface area contributed by atoms with Crippen molar-refractivity contribution in [2.45, 2.75) is 13.3 Å². The molecule has 0 unspecified atom stereocenters. The van der Waals surface area contributed by atoms with E-state index < -0.39 is 0 Å². The highest BCUT2D eigenvalue weighted by Gasteiger charge is 2.11. The number of benzene rings is 1. The lowest BCUT2D eigenvalue weighted by Gasteiger charge is -2.05. The number of aromatic nitrogens is 1. The summed E-state index contributed by atoms with van der Waals surface area (Å²) in [5.41, 5.74) is 1.74. The Morgan fingerprint density at radius 2 is 2.04 bits per heavy atom.